The third-order valence-corrected chi connectivity index (χ3v) is 5.38. The highest BCUT2D eigenvalue weighted by molar-refractivity contribution is 5.85. The molecule has 4 rings (SSSR count). The minimum Gasteiger partial charge on any atom is -0.350 e. The number of carbonyl (C=O) groups is 1. The highest BCUT2D eigenvalue weighted by atomic mass is 35.5. The number of halogens is 1. The summed E-state index contributed by atoms with van der Waals surface area (Å²) in [7, 11) is 1.91. The number of carbonyl (C=O) groups excluding carboxylic acids is 1. The molecule has 4 aliphatic rings. The van der Waals surface area contributed by atoms with Gasteiger partial charge in [0.2, 0.25) is 5.91 Å². The van der Waals surface area contributed by atoms with Gasteiger partial charge in [-0.3, -0.25) is 4.79 Å². The van der Waals surface area contributed by atoms with Crippen LogP contribution in [0, 0.1) is 23.7 Å². The Hall–Kier alpha value is -0.280. The molecular formula is C15H27ClN2O. The van der Waals surface area contributed by atoms with Gasteiger partial charge in [-0.25, -0.2) is 0 Å². The van der Waals surface area contributed by atoms with Crippen LogP contribution in [0.15, 0.2) is 0 Å². The molecule has 0 saturated heterocycles. The third kappa shape index (κ3) is 2.92. The second kappa shape index (κ2) is 5.61. The number of amides is 1. The lowest BCUT2D eigenvalue weighted by Crippen LogP contribution is -2.60. The summed E-state index contributed by atoms with van der Waals surface area (Å²) in [5.74, 6) is 3.04. The maximum Gasteiger partial charge on any atom is 0.224 e. The summed E-state index contributed by atoms with van der Waals surface area (Å²) in [6, 6.07) is 0. The second-order valence-corrected chi connectivity index (χ2v) is 7.15. The van der Waals surface area contributed by atoms with Crippen LogP contribution in [0.1, 0.15) is 45.4 Å². The molecule has 1 amide bonds. The fourth-order valence-electron chi connectivity index (χ4n) is 5.05. The zero-order valence-electron chi connectivity index (χ0n) is 12.1. The highest BCUT2D eigenvalue weighted by Crippen LogP contribution is 2.55. The fraction of sp³-hybridized carbons (Fsp3) is 0.933. The molecule has 4 bridgehead atoms. The lowest BCUT2D eigenvalue weighted by Gasteiger charge is -2.57. The average molecular weight is 287 g/mol. The van der Waals surface area contributed by atoms with E-state index in [1.807, 2.05) is 14.0 Å². The summed E-state index contributed by atoms with van der Waals surface area (Å²) >= 11 is 0. The maximum absolute atomic E-state index is 12.3. The van der Waals surface area contributed by atoms with Gasteiger partial charge >= 0.3 is 0 Å². The normalized spacial score (nSPS) is 40.6. The summed E-state index contributed by atoms with van der Waals surface area (Å²) in [5.41, 5.74) is 0.174. The van der Waals surface area contributed by atoms with E-state index in [0.717, 1.165) is 24.3 Å². The van der Waals surface area contributed by atoms with E-state index in [1.165, 1.54) is 38.5 Å². The van der Waals surface area contributed by atoms with Crippen LogP contribution in [-0.4, -0.2) is 25.0 Å². The summed E-state index contributed by atoms with van der Waals surface area (Å²) in [6.45, 7) is 2.80. The van der Waals surface area contributed by atoms with Gasteiger partial charge in [-0.2, -0.15) is 0 Å². The quantitative estimate of drug-likeness (QED) is 0.833. The molecule has 0 aromatic rings. The van der Waals surface area contributed by atoms with Crippen molar-refractivity contribution in [2.24, 2.45) is 23.7 Å². The first kappa shape index (κ1) is 15.1. The van der Waals surface area contributed by atoms with Gasteiger partial charge in [-0.05, 0) is 63.3 Å². The predicted molar refractivity (Wildman–Crippen MR) is 79.4 cm³/mol. The smallest absolute Gasteiger partial charge is 0.224 e. The Labute approximate surface area is 122 Å². The molecular weight excluding hydrogens is 260 g/mol. The van der Waals surface area contributed by atoms with Gasteiger partial charge < -0.3 is 10.6 Å². The highest BCUT2D eigenvalue weighted by Gasteiger charge is 2.51. The minimum atomic E-state index is 0. The summed E-state index contributed by atoms with van der Waals surface area (Å²) in [5, 5.41) is 6.53. The number of rotatable bonds is 4. The van der Waals surface area contributed by atoms with Crippen molar-refractivity contribution < 1.29 is 4.79 Å². The summed E-state index contributed by atoms with van der Waals surface area (Å²) in [6.07, 6.45) is 8.04. The number of hydrogen-bond acceptors (Lipinski definition) is 2. The van der Waals surface area contributed by atoms with Crippen LogP contribution in [0.2, 0.25) is 0 Å². The van der Waals surface area contributed by atoms with Crippen molar-refractivity contribution in [1.82, 2.24) is 10.6 Å². The van der Waals surface area contributed by atoms with Crippen LogP contribution in [0.5, 0.6) is 0 Å². The molecule has 2 N–H and O–H groups in total. The largest absolute Gasteiger partial charge is 0.350 e. The Balaban J connectivity index is 0.00000133. The van der Waals surface area contributed by atoms with Gasteiger partial charge in [-0.15, -0.1) is 12.4 Å². The molecule has 0 aromatic carbocycles. The first-order chi connectivity index (χ1) is 8.60. The molecule has 1 unspecified atom stereocenters. The minimum absolute atomic E-state index is 0. The molecule has 4 aliphatic carbocycles. The van der Waals surface area contributed by atoms with Gasteiger partial charge in [0.1, 0.15) is 0 Å². The fourth-order valence-corrected chi connectivity index (χ4v) is 5.05. The molecule has 3 nitrogen and oxygen atoms in total. The molecule has 0 aliphatic heterocycles. The average Bonchev–Trinajstić information content (AvgIpc) is 2.26. The number of hydrogen-bond donors (Lipinski definition) is 2. The molecule has 19 heavy (non-hydrogen) atoms. The van der Waals surface area contributed by atoms with E-state index in [0.29, 0.717) is 0 Å². The van der Waals surface area contributed by atoms with E-state index in [2.05, 4.69) is 10.6 Å². The van der Waals surface area contributed by atoms with E-state index in [1.54, 1.807) is 0 Å². The van der Waals surface area contributed by atoms with E-state index in [-0.39, 0.29) is 29.8 Å². The van der Waals surface area contributed by atoms with Crippen molar-refractivity contribution in [2.45, 2.75) is 51.0 Å². The van der Waals surface area contributed by atoms with Crippen LogP contribution in [-0.2, 0) is 4.79 Å². The first-order valence-electron chi connectivity index (χ1n) is 7.57. The molecule has 4 heteroatoms. The van der Waals surface area contributed by atoms with Crippen LogP contribution in [0.3, 0.4) is 0 Å². The van der Waals surface area contributed by atoms with Gasteiger partial charge in [0.15, 0.2) is 0 Å². The summed E-state index contributed by atoms with van der Waals surface area (Å²) in [4.78, 5) is 12.3. The Kier molecular flexibility index (Phi) is 4.46. The molecule has 0 spiro atoms. The van der Waals surface area contributed by atoms with Crippen LogP contribution in [0.25, 0.3) is 0 Å². The lowest BCUT2D eigenvalue weighted by atomic mass is 9.53. The molecule has 4 saturated carbocycles. The third-order valence-electron chi connectivity index (χ3n) is 5.38. The second-order valence-electron chi connectivity index (χ2n) is 7.15. The zero-order chi connectivity index (χ0) is 12.8. The molecule has 4 fully saturated rings. The number of nitrogens with one attached hydrogen (secondary N) is 2. The van der Waals surface area contributed by atoms with E-state index < -0.39 is 0 Å². The van der Waals surface area contributed by atoms with E-state index in [4.69, 9.17) is 0 Å². The van der Waals surface area contributed by atoms with E-state index in [9.17, 15) is 4.79 Å². The van der Waals surface area contributed by atoms with Crippen molar-refractivity contribution in [1.29, 1.82) is 0 Å². The Morgan fingerprint density at radius 1 is 1.16 bits per heavy atom. The molecule has 0 heterocycles. The molecule has 0 radical (unpaired) electrons. The van der Waals surface area contributed by atoms with Gasteiger partial charge in [0.05, 0.1) is 0 Å². The summed E-state index contributed by atoms with van der Waals surface area (Å²) < 4.78 is 0. The Morgan fingerprint density at radius 2 is 1.63 bits per heavy atom. The SMILES string of the molecule is CNCC(C)C(=O)NC12CC3CC(CC(C3)C1)C2.Cl. The predicted octanol–water partition coefficient (Wildman–Crippen LogP) is 2.35. The first-order valence-corrected chi connectivity index (χ1v) is 7.57. The molecule has 1 atom stereocenters. The van der Waals surface area contributed by atoms with Gasteiger partial charge in [0.25, 0.3) is 0 Å². The van der Waals surface area contributed by atoms with E-state index >= 15 is 0 Å². The van der Waals surface area contributed by atoms with Crippen LogP contribution < -0.4 is 10.6 Å². The topological polar surface area (TPSA) is 41.1 Å². The van der Waals surface area contributed by atoms with Crippen molar-refractivity contribution >= 4 is 18.3 Å². The van der Waals surface area contributed by atoms with Crippen LogP contribution in [0.4, 0.5) is 0 Å². The Morgan fingerprint density at radius 3 is 2.05 bits per heavy atom. The van der Waals surface area contributed by atoms with Gasteiger partial charge in [0, 0.05) is 18.0 Å². The Bertz CT molecular complexity index is 310. The van der Waals surface area contributed by atoms with Crippen molar-refractivity contribution in [3.05, 3.63) is 0 Å². The van der Waals surface area contributed by atoms with Crippen molar-refractivity contribution in [2.75, 3.05) is 13.6 Å². The van der Waals surface area contributed by atoms with Crippen molar-refractivity contribution in [3.8, 4) is 0 Å². The zero-order valence-corrected chi connectivity index (χ0v) is 12.9. The van der Waals surface area contributed by atoms with Crippen molar-refractivity contribution in [3.63, 3.8) is 0 Å². The maximum atomic E-state index is 12.3. The molecule has 0 aromatic heterocycles. The monoisotopic (exact) mass is 286 g/mol. The lowest BCUT2D eigenvalue weighted by molar-refractivity contribution is -0.130. The molecule has 110 valence electrons. The van der Waals surface area contributed by atoms with Crippen LogP contribution >= 0.6 is 12.4 Å². The standard InChI is InChI=1S/C15H26N2O.ClH/c1-10(9-16-2)14(18)17-15-6-11-3-12(7-15)5-13(4-11)8-15;/h10-13,16H,3-9H2,1-2H3,(H,17,18);1H. The van der Waals surface area contributed by atoms with Gasteiger partial charge in [-0.1, -0.05) is 6.92 Å².